The van der Waals surface area contributed by atoms with Gasteiger partial charge in [0, 0.05) is 6.04 Å². The first-order valence-electron chi connectivity index (χ1n) is 5.63. The molecule has 0 bridgehead atoms. The lowest BCUT2D eigenvalue weighted by atomic mass is 10.0. The van der Waals surface area contributed by atoms with Crippen molar-refractivity contribution in [1.29, 1.82) is 0 Å². The molecule has 1 N–H and O–H groups in total. The highest BCUT2D eigenvalue weighted by atomic mass is 35.5. The van der Waals surface area contributed by atoms with Gasteiger partial charge in [0.25, 0.3) is 10.0 Å². The molecule has 1 aromatic rings. The van der Waals surface area contributed by atoms with E-state index in [0.29, 0.717) is 5.92 Å². The summed E-state index contributed by atoms with van der Waals surface area (Å²) in [6, 6.07) is -0.0247. The van der Waals surface area contributed by atoms with Gasteiger partial charge in [-0.1, -0.05) is 35.8 Å². The zero-order valence-electron chi connectivity index (χ0n) is 9.52. The van der Waals surface area contributed by atoms with Crippen molar-refractivity contribution in [3.8, 4) is 0 Å². The smallest absolute Gasteiger partial charge is 0.232 e. The first kappa shape index (κ1) is 13.3. The maximum absolute atomic E-state index is 12.0. The second-order valence-electron chi connectivity index (χ2n) is 4.39. The fourth-order valence-electron chi connectivity index (χ4n) is 2.22. The highest BCUT2D eigenvalue weighted by Gasteiger charge is 2.27. The topological polar surface area (TPSA) is 59.1 Å². The molecule has 2 rings (SSSR count). The first-order valence-corrected chi connectivity index (χ1v) is 8.30. The van der Waals surface area contributed by atoms with Crippen LogP contribution in [0.1, 0.15) is 32.6 Å². The molecule has 1 aromatic heterocycles. The molecule has 96 valence electrons. The van der Waals surface area contributed by atoms with Gasteiger partial charge in [-0.25, -0.2) is 18.1 Å². The van der Waals surface area contributed by atoms with Crippen molar-refractivity contribution in [3.05, 3.63) is 10.7 Å². The van der Waals surface area contributed by atoms with E-state index in [9.17, 15) is 8.42 Å². The lowest BCUT2D eigenvalue weighted by Crippen LogP contribution is -2.36. The molecule has 1 unspecified atom stereocenters. The number of nitrogens with one attached hydrogen (secondary N) is 1. The number of nitrogens with zero attached hydrogens (tertiary/aromatic N) is 1. The molecule has 17 heavy (non-hydrogen) atoms. The molecule has 1 saturated carbocycles. The van der Waals surface area contributed by atoms with Crippen LogP contribution in [-0.2, 0) is 10.0 Å². The van der Waals surface area contributed by atoms with Gasteiger partial charge in [0.05, 0.1) is 6.20 Å². The Morgan fingerprint density at radius 2 is 2.18 bits per heavy atom. The Labute approximate surface area is 110 Å². The van der Waals surface area contributed by atoms with Crippen LogP contribution in [0, 0.1) is 5.92 Å². The Morgan fingerprint density at radius 3 is 2.71 bits per heavy atom. The molecule has 4 nitrogen and oxygen atoms in total. The number of rotatable bonds is 4. The third kappa shape index (κ3) is 3.19. The van der Waals surface area contributed by atoms with Crippen molar-refractivity contribution >= 4 is 33.0 Å². The minimum Gasteiger partial charge on any atom is -0.232 e. The summed E-state index contributed by atoms with van der Waals surface area (Å²) in [5.74, 6) is 0.452. The SMILES string of the molecule is CC(NS(=O)(=O)c1cnc(Cl)s1)C1CCCC1. The minimum absolute atomic E-state index is 0.0247. The molecule has 0 spiro atoms. The van der Waals surface area contributed by atoms with Crippen LogP contribution in [0.25, 0.3) is 0 Å². The monoisotopic (exact) mass is 294 g/mol. The molecule has 0 aromatic carbocycles. The predicted octanol–water partition coefficient (Wildman–Crippen LogP) is 2.65. The zero-order chi connectivity index (χ0) is 12.5. The van der Waals surface area contributed by atoms with E-state index in [0.717, 1.165) is 24.2 Å². The molecule has 0 amide bonds. The third-order valence-corrected chi connectivity index (χ3v) is 6.30. The predicted molar refractivity (Wildman–Crippen MR) is 68.9 cm³/mol. The van der Waals surface area contributed by atoms with Gasteiger partial charge in [-0.3, -0.25) is 0 Å². The lowest BCUT2D eigenvalue weighted by Gasteiger charge is -2.19. The second-order valence-corrected chi connectivity index (χ2v) is 7.94. The fourth-order valence-corrected chi connectivity index (χ4v) is 4.84. The van der Waals surface area contributed by atoms with E-state index in [1.54, 1.807) is 0 Å². The van der Waals surface area contributed by atoms with Gasteiger partial charge in [0.15, 0.2) is 8.68 Å². The van der Waals surface area contributed by atoms with Crippen molar-refractivity contribution in [2.24, 2.45) is 5.92 Å². The van der Waals surface area contributed by atoms with Crippen LogP contribution in [0.2, 0.25) is 4.47 Å². The van der Waals surface area contributed by atoms with Crippen LogP contribution in [0.4, 0.5) is 0 Å². The van der Waals surface area contributed by atoms with Crippen molar-refractivity contribution in [1.82, 2.24) is 9.71 Å². The molecule has 1 heterocycles. The van der Waals surface area contributed by atoms with E-state index in [1.807, 2.05) is 6.92 Å². The summed E-state index contributed by atoms with van der Waals surface area (Å²) in [5.41, 5.74) is 0. The quantitative estimate of drug-likeness (QED) is 0.929. The standard InChI is InChI=1S/C10H15ClN2O2S2/c1-7(8-4-2-3-5-8)13-17(14,15)9-6-12-10(11)16-9/h6-8,13H,2-5H2,1H3. The zero-order valence-corrected chi connectivity index (χ0v) is 11.9. The van der Waals surface area contributed by atoms with Gasteiger partial charge in [0.2, 0.25) is 0 Å². The lowest BCUT2D eigenvalue weighted by molar-refractivity contribution is 0.424. The molecule has 1 atom stereocenters. The summed E-state index contributed by atoms with van der Waals surface area (Å²) in [6.07, 6.45) is 5.91. The maximum Gasteiger partial charge on any atom is 0.251 e. The van der Waals surface area contributed by atoms with E-state index in [2.05, 4.69) is 9.71 Å². The van der Waals surface area contributed by atoms with Crippen LogP contribution >= 0.6 is 22.9 Å². The van der Waals surface area contributed by atoms with E-state index >= 15 is 0 Å². The molecule has 1 aliphatic carbocycles. The molecule has 7 heteroatoms. The van der Waals surface area contributed by atoms with E-state index < -0.39 is 10.0 Å². The van der Waals surface area contributed by atoms with Crippen LogP contribution in [-0.4, -0.2) is 19.4 Å². The number of hydrogen-bond acceptors (Lipinski definition) is 4. The molecule has 0 radical (unpaired) electrons. The average molecular weight is 295 g/mol. The number of sulfonamides is 1. The highest BCUT2D eigenvalue weighted by molar-refractivity contribution is 7.91. The summed E-state index contributed by atoms with van der Waals surface area (Å²) in [5, 5.41) is 0. The van der Waals surface area contributed by atoms with Crippen LogP contribution in [0.3, 0.4) is 0 Å². The summed E-state index contributed by atoms with van der Waals surface area (Å²) >= 11 is 6.63. The molecule has 0 saturated heterocycles. The van der Waals surface area contributed by atoms with Crippen molar-refractivity contribution in [3.63, 3.8) is 0 Å². The largest absolute Gasteiger partial charge is 0.251 e. The summed E-state index contributed by atoms with van der Waals surface area (Å²) in [6.45, 7) is 1.93. The number of halogens is 1. The average Bonchev–Trinajstić information content (AvgIpc) is 2.86. The number of aromatic nitrogens is 1. The van der Waals surface area contributed by atoms with Crippen LogP contribution < -0.4 is 4.72 Å². The Kier molecular flexibility index (Phi) is 4.07. The van der Waals surface area contributed by atoms with Crippen molar-refractivity contribution < 1.29 is 8.42 Å². The molecular formula is C10H15ClN2O2S2. The van der Waals surface area contributed by atoms with E-state index in [1.165, 1.54) is 19.0 Å². The van der Waals surface area contributed by atoms with Gasteiger partial charge >= 0.3 is 0 Å². The molecule has 0 aliphatic heterocycles. The second kappa shape index (κ2) is 5.22. The Hall–Kier alpha value is -0.170. The maximum atomic E-state index is 12.0. The summed E-state index contributed by atoms with van der Waals surface area (Å²) < 4.78 is 27.2. The van der Waals surface area contributed by atoms with E-state index in [4.69, 9.17) is 11.6 Å². The van der Waals surface area contributed by atoms with E-state index in [-0.39, 0.29) is 14.7 Å². The normalized spacial score (nSPS) is 19.6. The van der Waals surface area contributed by atoms with Crippen molar-refractivity contribution in [2.75, 3.05) is 0 Å². The Balaban J connectivity index is 2.06. The molecule has 1 fully saturated rings. The Morgan fingerprint density at radius 1 is 1.53 bits per heavy atom. The molecule has 1 aliphatic rings. The Bertz CT molecular complexity index is 480. The van der Waals surface area contributed by atoms with Gasteiger partial charge < -0.3 is 0 Å². The highest BCUT2D eigenvalue weighted by Crippen LogP contribution is 2.29. The van der Waals surface area contributed by atoms with Crippen LogP contribution in [0.5, 0.6) is 0 Å². The fraction of sp³-hybridized carbons (Fsp3) is 0.700. The van der Waals surface area contributed by atoms with Crippen LogP contribution in [0.15, 0.2) is 10.4 Å². The van der Waals surface area contributed by atoms with Gasteiger partial charge in [-0.15, -0.1) is 0 Å². The van der Waals surface area contributed by atoms with Crippen molar-refractivity contribution in [2.45, 2.75) is 42.9 Å². The molecular weight excluding hydrogens is 280 g/mol. The summed E-state index contributed by atoms with van der Waals surface area (Å²) in [4.78, 5) is 3.75. The van der Waals surface area contributed by atoms with Gasteiger partial charge in [-0.05, 0) is 25.7 Å². The van der Waals surface area contributed by atoms with Gasteiger partial charge in [-0.2, -0.15) is 0 Å². The third-order valence-electron chi connectivity index (χ3n) is 3.17. The minimum atomic E-state index is -3.45. The van der Waals surface area contributed by atoms with Gasteiger partial charge in [0.1, 0.15) is 0 Å². The number of thiazole rings is 1. The summed E-state index contributed by atoms with van der Waals surface area (Å²) in [7, 11) is -3.45. The number of hydrogen-bond donors (Lipinski definition) is 1. The first-order chi connectivity index (χ1) is 7.99.